The molecular weight excluding hydrogens is 242 g/mol. The number of hydrogen-bond acceptors (Lipinski definition) is 3. The summed E-state index contributed by atoms with van der Waals surface area (Å²) in [7, 11) is 0. The molecule has 0 aromatic heterocycles. The quantitative estimate of drug-likeness (QED) is 0.812. The summed E-state index contributed by atoms with van der Waals surface area (Å²) in [5, 5.41) is 6.39. The molecule has 2 heterocycles. The molecular formula is C14H19N3O2. The van der Waals surface area contributed by atoms with Crippen LogP contribution >= 0.6 is 0 Å². The third-order valence-corrected chi connectivity index (χ3v) is 3.62. The van der Waals surface area contributed by atoms with Gasteiger partial charge in [-0.2, -0.15) is 0 Å². The van der Waals surface area contributed by atoms with E-state index in [9.17, 15) is 4.79 Å². The Kier molecular flexibility index (Phi) is 3.55. The fourth-order valence-electron chi connectivity index (χ4n) is 2.57. The summed E-state index contributed by atoms with van der Waals surface area (Å²) in [6.45, 7) is 3.54. The Hall–Kier alpha value is -1.75. The van der Waals surface area contributed by atoms with Crippen molar-refractivity contribution in [2.45, 2.75) is 12.8 Å². The maximum atomic E-state index is 12.2. The van der Waals surface area contributed by atoms with E-state index in [0.717, 1.165) is 30.8 Å². The molecule has 1 saturated heterocycles. The monoisotopic (exact) mass is 261 g/mol. The van der Waals surface area contributed by atoms with Crippen LogP contribution in [0.1, 0.15) is 12.0 Å². The van der Waals surface area contributed by atoms with Crippen LogP contribution in [0.5, 0.6) is 0 Å². The van der Waals surface area contributed by atoms with E-state index in [1.807, 2.05) is 12.1 Å². The first kappa shape index (κ1) is 12.3. The molecule has 2 N–H and O–H groups in total. The lowest BCUT2D eigenvalue weighted by molar-refractivity contribution is 0.0564. The van der Waals surface area contributed by atoms with Crippen LogP contribution in [0.4, 0.5) is 16.2 Å². The topological polar surface area (TPSA) is 53.6 Å². The molecule has 0 unspecified atom stereocenters. The van der Waals surface area contributed by atoms with Crippen LogP contribution in [-0.4, -0.2) is 43.8 Å². The number of ether oxygens (including phenoxy) is 1. The van der Waals surface area contributed by atoms with E-state index in [1.165, 1.54) is 5.56 Å². The normalized spacial score (nSPS) is 18.4. The SMILES string of the molecule is O=C(Nc1cccc2c1NCCC2)N1CCOCC1. The molecule has 3 rings (SSSR count). The van der Waals surface area contributed by atoms with Crippen molar-refractivity contribution in [1.82, 2.24) is 4.90 Å². The van der Waals surface area contributed by atoms with Gasteiger partial charge in [-0.1, -0.05) is 12.1 Å². The molecule has 0 radical (unpaired) electrons. The molecule has 0 saturated carbocycles. The van der Waals surface area contributed by atoms with Crippen LogP contribution in [0.2, 0.25) is 0 Å². The number of amides is 2. The van der Waals surface area contributed by atoms with Crippen molar-refractivity contribution in [1.29, 1.82) is 0 Å². The Labute approximate surface area is 112 Å². The standard InChI is InChI=1S/C14H19N3O2/c18-14(17-7-9-19-10-8-17)16-12-5-1-3-11-4-2-6-15-13(11)12/h1,3,5,15H,2,4,6-10H2,(H,16,18). The molecule has 0 spiro atoms. The van der Waals surface area contributed by atoms with Crippen molar-refractivity contribution < 1.29 is 9.53 Å². The third-order valence-electron chi connectivity index (χ3n) is 3.62. The number of nitrogens with one attached hydrogen (secondary N) is 2. The first-order valence-corrected chi connectivity index (χ1v) is 6.84. The van der Waals surface area contributed by atoms with E-state index in [4.69, 9.17) is 4.74 Å². The number of aryl methyl sites for hydroxylation is 1. The fraction of sp³-hybridized carbons (Fsp3) is 0.500. The molecule has 19 heavy (non-hydrogen) atoms. The fourth-order valence-corrected chi connectivity index (χ4v) is 2.57. The van der Waals surface area contributed by atoms with E-state index >= 15 is 0 Å². The molecule has 0 bridgehead atoms. The lowest BCUT2D eigenvalue weighted by Gasteiger charge is -2.28. The van der Waals surface area contributed by atoms with Crippen molar-refractivity contribution in [3.63, 3.8) is 0 Å². The predicted octanol–water partition coefficient (Wildman–Crippen LogP) is 1.91. The zero-order valence-corrected chi connectivity index (χ0v) is 10.9. The van der Waals surface area contributed by atoms with E-state index in [-0.39, 0.29) is 6.03 Å². The Morgan fingerprint density at radius 3 is 3.00 bits per heavy atom. The van der Waals surface area contributed by atoms with Crippen molar-refractivity contribution in [3.8, 4) is 0 Å². The summed E-state index contributed by atoms with van der Waals surface area (Å²) in [4.78, 5) is 14.0. The van der Waals surface area contributed by atoms with Gasteiger partial charge in [0.15, 0.2) is 0 Å². The lowest BCUT2D eigenvalue weighted by atomic mass is 10.0. The number of carbonyl (C=O) groups excluding carboxylic acids is 1. The molecule has 0 aliphatic carbocycles. The van der Waals surface area contributed by atoms with Crippen LogP contribution in [0.25, 0.3) is 0 Å². The predicted molar refractivity (Wildman–Crippen MR) is 74.7 cm³/mol. The Bertz CT molecular complexity index is 470. The van der Waals surface area contributed by atoms with Crippen molar-refractivity contribution in [2.24, 2.45) is 0 Å². The van der Waals surface area contributed by atoms with E-state index < -0.39 is 0 Å². The van der Waals surface area contributed by atoms with Gasteiger partial charge >= 0.3 is 6.03 Å². The summed E-state index contributed by atoms with van der Waals surface area (Å²) in [5.74, 6) is 0. The van der Waals surface area contributed by atoms with E-state index in [1.54, 1.807) is 4.90 Å². The summed E-state index contributed by atoms with van der Waals surface area (Å²) in [6.07, 6.45) is 2.22. The lowest BCUT2D eigenvalue weighted by Crippen LogP contribution is -2.43. The van der Waals surface area contributed by atoms with Crippen LogP contribution in [0.3, 0.4) is 0 Å². The summed E-state index contributed by atoms with van der Waals surface area (Å²) >= 11 is 0. The van der Waals surface area contributed by atoms with Gasteiger partial charge in [0.2, 0.25) is 0 Å². The summed E-state index contributed by atoms with van der Waals surface area (Å²) in [6, 6.07) is 6.03. The summed E-state index contributed by atoms with van der Waals surface area (Å²) in [5.41, 5.74) is 3.25. The number of para-hydroxylation sites is 1. The second-order valence-corrected chi connectivity index (χ2v) is 4.90. The molecule has 1 aromatic carbocycles. The van der Waals surface area contributed by atoms with Gasteiger partial charge in [-0.05, 0) is 24.5 Å². The Balaban J connectivity index is 1.74. The first-order valence-electron chi connectivity index (χ1n) is 6.84. The molecule has 2 amide bonds. The molecule has 102 valence electrons. The van der Waals surface area contributed by atoms with Crippen molar-refractivity contribution in [3.05, 3.63) is 23.8 Å². The highest BCUT2D eigenvalue weighted by atomic mass is 16.5. The van der Waals surface area contributed by atoms with E-state index in [2.05, 4.69) is 16.7 Å². The number of rotatable bonds is 1. The smallest absolute Gasteiger partial charge is 0.322 e. The number of nitrogens with zero attached hydrogens (tertiary/aromatic N) is 1. The second-order valence-electron chi connectivity index (χ2n) is 4.90. The van der Waals surface area contributed by atoms with Gasteiger partial charge in [0.1, 0.15) is 0 Å². The molecule has 5 nitrogen and oxygen atoms in total. The second kappa shape index (κ2) is 5.48. The van der Waals surface area contributed by atoms with Gasteiger partial charge in [-0.15, -0.1) is 0 Å². The minimum Gasteiger partial charge on any atom is -0.383 e. The number of morpholine rings is 1. The van der Waals surface area contributed by atoms with Crippen LogP contribution in [-0.2, 0) is 11.2 Å². The highest BCUT2D eigenvalue weighted by Crippen LogP contribution is 2.30. The minimum absolute atomic E-state index is 0.0379. The zero-order chi connectivity index (χ0) is 13.1. The van der Waals surface area contributed by atoms with Gasteiger partial charge in [0.05, 0.1) is 24.6 Å². The molecule has 1 fully saturated rings. The zero-order valence-electron chi connectivity index (χ0n) is 10.9. The molecule has 2 aliphatic heterocycles. The maximum absolute atomic E-state index is 12.2. The number of fused-ring (bicyclic) bond motifs is 1. The first-order chi connectivity index (χ1) is 9.34. The van der Waals surface area contributed by atoms with Gasteiger partial charge in [-0.25, -0.2) is 4.79 Å². The number of carbonyl (C=O) groups is 1. The number of hydrogen-bond donors (Lipinski definition) is 2. The number of benzene rings is 1. The summed E-state index contributed by atoms with van der Waals surface area (Å²) < 4.78 is 5.26. The highest BCUT2D eigenvalue weighted by molar-refractivity contribution is 5.94. The van der Waals surface area contributed by atoms with Crippen molar-refractivity contribution in [2.75, 3.05) is 43.5 Å². The Morgan fingerprint density at radius 2 is 2.16 bits per heavy atom. The average molecular weight is 261 g/mol. The largest absolute Gasteiger partial charge is 0.383 e. The molecule has 1 aromatic rings. The average Bonchev–Trinajstić information content (AvgIpc) is 2.48. The highest BCUT2D eigenvalue weighted by Gasteiger charge is 2.19. The van der Waals surface area contributed by atoms with Crippen molar-refractivity contribution >= 4 is 17.4 Å². The van der Waals surface area contributed by atoms with Gasteiger partial charge in [0, 0.05) is 19.6 Å². The van der Waals surface area contributed by atoms with Gasteiger partial charge < -0.3 is 20.3 Å². The Morgan fingerprint density at radius 1 is 1.32 bits per heavy atom. The molecule has 5 heteroatoms. The molecule has 2 aliphatic rings. The van der Waals surface area contributed by atoms with Crippen LogP contribution in [0.15, 0.2) is 18.2 Å². The maximum Gasteiger partial charge on any atom is 0.322 e. The van der Waals surface area contributed by atoms with Gasteiger partial charge in [-0.3, -0.25) is 0 Å². The van der Waals surface area contributed by atoms with Gasteiger partial charge in [0.25, 0.3) is 0 Å². The number of anilines is 2. The number of urea groups is 1. The molecule has 0 atom stereocenters. The minimum atomic E-state index is -0.0379. The van der Waals surface area contributed by atoms with E-state index in [0.29, 0.717) is 26.3 Å². The van der Waals surface area contributed by atoms with Crippen LogP contribution in [0, 0.1) is 0 Å². The van der Waals surface area contributed by atoms with Crippen LogP contribution < -0.4 is 10.6 Å². The third kappa shape index (κ3) is 2.66.